The number of anilines is 3. The van der Waals surface area contributed by atoms with Crippen molar-refractivity contribution in [2.75, 3.05) is 62.0 Å². The lowest BCUT2D eigenvalue weighted by molar-refractivity contribution is 0.122. The molecule has 0 bridgehead atoms. The summed E-state index contributed by atoms with van der Waals surface area (Å²) in [5.74, 6) is -0.0922. The lowest BCUT2D eigenvalue weighted by Crippen LogP contribution is -2.45. The topological polar surface area (TPSA) is 134 Å². The highest BCUT2D eigenvalue weighted by molar-refractivity contribution is 5.65. The van der Waals surface area contributed by atoms with E-state index in [1.807, 2.05) is 4.90 Å². The summed E-state index contributed by atoms with van der Waals surface area (Å²) < 4.78 is 20.7. The van der Waals surface area contributed by atoms with Gasteiger partial charge in [0.25, 0.3) is 0 Å². The molecule has 4 heterocycles. The first-order valence-corrected chi connectivity index (χ1v) is 9.18. The summed E-state index contributed by atoms with van der Waals surface area (Å²) in [6, 6.07) is 0. The van der Waals surface area contributed by atoms with E-state index >= 15 is 4.39 Å². The maximum absolute atomic E-state index is 15.3. The van der Waals surface area contributed by atoms with E-state index in [-0.39, 0.29) is 24.1 Å². The van der Waals surface area contributed by atoms with E-state index in [9.17, 15) is 5.11 Å². The summed E-state index contributed by atoms with van der Waals surface area (Å²) in [6.45, 7) is 3.42. The first-order chi connectivity index (χ1) is 13.6. The second kappa shape index (κ2) is 7.78. The van der Waals surface area contributed by atoms with Crippen molar-refractivity contribution in [2.24, 2.45) is 0 Å². The van der Waals surface area contributed by atoms with Gasteiger partial charge >= 0.3 is 0 Å². The largest absolute Gasteiger partial charge is 0.394 e. The molecule has 2 saturated heterocycles. The van der Waals surface area contributed by atoms with Gasteiger partial charge in [-0.25, -0.2) is 19.3 Å². The maximum atomic E-state index is 15.3. The summed E-state index contributed by atoms with van der Waals surface area (Å²) >= 11 is 0. The van der Waals surface area contributed by atoms with Gasteiger partial charge in [0.1, 0.15) is 5.69 Å². The molecule has 0 radical (unpaired) electrons. The average Bonchev–Trinajstić information content (AvgIpc) is 3.20. The second-order valence-corrected chi connectivity index (χ2v) is 6.95. The molecule has 2 aromatic heterocycles. The van der Waals surface area contributed by atoms with E-state index in [0.717, 1.165) is 6.54 Å². The number of aliphatic hydroxyl groups excluding tert-OH is 1. The molecule has 0 unspecified atom stereocenters. The van der Waals surface area contributed by atoms with E-state index in [1.165, 1.54) is 12.4 Å². The Morgan fingerprint density at radius 1 is 1.29 bits per heavy atom. The van der Waals surface area contributed by atoms with Crippen LogP contribution >= 0.6 is 0 Å². The number of morpholine rings is 1. The normalized spacial score (nSPS) is 22.4. The standard InChI is InChI=1S/C17H23FN8O2/c18-12-13(11-7-21-15(19)22-8-11)23-16(26-3-5-28-6-4-26)24-14(12)25-17(10-27)1-2-20-9-17/h7-8,20,27H,1-6,9-10H2,(H2,19,21,22)(H,23,24,25)/t17-/m0/s1. The molecule has 2 aliphatic heterocycles. The van der Waals surface area contributed by atoms with Crippen LogP contribution in [0.3, 0.4) is 0 Å². The molecule has 0 aromatic carbocycles. The number of nitrogens with zero attached hydrogens (tertiary/aromatic N) is 5. The Hall–Kier alpha value is -2.63. The third-order valence-electron chi connectivity index (χ3n) is 5.01. The predicted octanol–water partition coefficient (Wildman–Crippen LogP) is -0.372. The van der Waals surface area contributed by atoms with Gasteiger partial charge in [-0.2, -0.15) is 4.98 Å². The minimum Gasteiger partial charge on any atom is -0.394 e. The van der Waals surface area contributed by atoms with Gasteiger partial charge in [0.15, 0.2) is 11.6 Å². The summed E-state index contributed by atoms with van der Waals surface area (Å²) in [7, 11) is 0. The zero-order valence-electron chi connectivity index (χ0n) is 15.4. The van der Waals surface area contributed by atoms with Gasteiger partial charge in [-0.05, 0) is 13.0 Å². The third-order valence-corrected chi connectivity index (χ3v) is 5.01. The Morgan fingerprint density at radius 3 is 2.68 bits per heavy atom. The van der Waals surface area contributed by atoms with Crippen LogP contribution in [0.25, 0.3) is 11.3 Å². The first kappa shape index (κ1) is 18.7. The van der Waals surface area contributed by atoms with Crippen LogP contribution in [-0.4, -0.2) is 76.6 Å². The highest BCUT2D eigenvalue weighted by atomic mass is 19.1. The average molecular weight is 390 g/mol. The zero-order valence-corrected chi connectivity index (χ0v) is 15.4. The number of hydrogen-bond acceptors (Lipinski definition) is 10. The van der Waals surface area contributed by atoms with Crippen LogP contribution in [0.15, 0.2) is 12.4 Å². The van der Waals surface area contributed by atoms with Crippen molar-refractivity contribution in [3.63, 3.8) is 0 Å². The van der Waals surface area contributed by atoms with E-state index in [0.29, 0.717) is 50.8 Å². The Labute approximate surface area is 161 Å². The quantitative estimate of drug-likeness (QED) is 0.535. The monoisotopic (exact) mass is 390 g/mol. The molecule has 2 aliphatic rings. The fourth-order valence-corrected chi connectivity index (χ4v) is 3.35. The summed E-state index contributed by atoms with van der Waals surface area (Å²) in [6.07, 6.45) is 3.51. The Kier molecular flexibility index (Phi) is 5.20. The molecule has 4 rings (SSSR count). The number of aliphatic hydroxyl groups is 1. The minimum atomic E-state index is -0.674. The molecule has 28 heavy (non-hydrogen) atoms. The number of ether oxygens (including phenoxy) is 1. The highest BCUT2D eigenvalue weighted by Gasteiger charge is 2.35. The van der Waals surface area contributed by atoms with E-state index < -0.39 is 11.4 Å². The Balaban J connectivity index is 1.77. The number of hydrogen-bond donors (Lipinski definition) is 4. The molecule has 0 spiro atoms. The van der Waals surface area contributed by atoms with Crippen molar-refractivity contribution in [1.29, 1.82) is 0 Å². The summed E-state index contributed by atoms with van der Waals surface area (Å²) in [5, 5.41) is 16.2. The molecule has 0 amide bonds. The van der Waals surface area contributed by atoms with Crippen molar-refractivity contribution in [1.82, 2.24) is 25.3 Å². The van der Waals surface area contributed by atoms with Crippen LogP contribution < -0.4 is 21.3 Å². The molecule has 10 nitrogen and oxygen atoms in total. The van der Waals surface area contributed by atoms with Gasteiger partial charge in [0.05, 0.1) is 25.4 Å². The number of nitrogen functional groups attached to an aromatic ring is 1. The van der Waals surface area contributed by atoms with Crippen LogP contribution in [0, 0.1) is 5.82 Å². The fourth-order valence-electron chi connectivity index (χ4n) is 3.35. The summed E-state index contributed by atoms with van der Waals surface area (Å²) in [5.41, 5.74) is 5.35. The lowest BCUT2D eigenvalue weighted by atomic mass is 10.00. The van der Waals surface area contributed by atoms with Crippen LogP contribution in [0.1, 0.15) is 6.42 Å². The van der Waals surface area contributed by atoms with Gasteiger partial charge < -0.3 is 31.1 Å². The van der Waals surface area contributed by atoms with Gasteiger partial charge in [-0.3, -0.25) is 0 Å². The van der Waals surface area contributed by atoms with Gasteiger partial charge in [-0.1, -0.05) is 0 Å². The van der Waals surface area contributed by atoms with Crippen molar-refractivity contribution >= 4 is 17.7 Å². The zero-order chi connectivity index (χ0) is 19.6. The number of halogens is 1. The molecule has 150 valence electrons. The van der Waals surface area contributed by atoms with E-state index in [2.05, 4.69) is 30.6 Å². The number of nitrogens with two attached hydrogens (primary N) is 1. The third kappa shape index (κ3) is 3.68. The van der Waals surface area contributed by atoms with Gasteiger partial charge in [0.2, 0.25) is 11.9 Å². The highest BCUT2D eigenvalue weighted by Crippen LogP contribution is 2.30. The molecule has 11 heteroatoms. The summed E-state index contributed by atoms with van der Waals surface area (Å²) in [4.78, 5) is 18.7. The predicted molar refractivity (Wildman–Crippen MR) is 101 cm³/mol. The first-order valence-electron chi connectivity index (χ1n) is 9.18. The van der Waals surface area contributed by atoms with Crippen LogP contribution in [0.2, 0.25) is 0 Å². The molecule has 0 aliphatic carbocycles. The molecule has 0 saturated carbocycles. The SMILES string of the molecule is Nc1ncc(-c2nc(N3CCOCC3)nc(N[C@@]3(CO)CCNC3)c2F)cn1. The van der Waals surface area contributed by atoms with E-state index in [1.54, 1.807) is 0 Å². The van der Waals surface area contributed by atoms with Crippen LogP contribution in [-0.2, 0) is 4.74 Å². The molecule has 2 fully saturated rings. The second-order valence-electron chi connectivity index (χ2n) is 6.95. The van der Waals surface area contributed by atoms with Crippen molar-refractivity contribution < 1.29 is 14.2 Å². The number of rotatable bonds is 5. The smallest absolute Gasteiger partial charge is 0.228 e. The lowest BCUT2D eigenvalue weighted by Gasteiger charge is -2.30. The van der Waals surface area contributed by atoms with Crippen molar-refractivity contribution in [3.05, 3.63) is 18.2 Å². The van der Waals surface area contributed by atoms with Crippen molar-refractivity contribution in [2.45, 2.75) is 12.0 Å². The number of nitrogens with one attached hydrogen (secondary N) is 2. The Morgan fingerprint density at radius 2 is 2.04 bits per heavy atom. The van der Waals surface area contributed by atoms with Gasteiger partial charge in [0, 0.05) is 37.6 Å². The molecular formula is C17H23FN8O2. The molecular weight excluding hydrogens is 367 g/mol. The molecule has 2 aromatic rings. The Bertz CT molecular complexity index is 823. The number of aromatic nitrogens is 4. The van der Waals surface area contributed by atoms with Gasteiger partial charge in [-0.15, -0.1) is 0 Å². The van der Waals surface area contributed by atoms with Crippen LogP contribution in [0.5, 0.6) is 0 Å². The molecule has 1 atom stereocenters. The minimum absolute atomic E-state index is 0.0427. The maximum Gasteiger partial charge on any atom is 0.228 e. The van der Waals surface area contributed by atoms with E-state index in [4.69, 9.17) is 10.5 Å². The van der Waals surface area contributed by atoms with Crippen molar-refractivity contribution in [3.8, 4) is 11.3 Å². The van der Waals surface area contributed by atoms with Crippen LogP contribution in [0.4, 0.5) is 22.1 Å². The fraction of sp³-hybridized carbons (Fsp3) is 0.529. The molecule has 5 N–H and O–H groups in total.